The van der Waals surface area contributed by atoms with Gasteiger partial charge in [0.05, 0.1) is 10.8 Å². The normalized spacial score (nSPS) is 20.6. The monoisotopic (exact) mass is 369 g/mol. The topological polar surface area (TPSA) is 74.7 Å². The minimum atomic E-state index is -3.96. The standard InChI is InChI=1S/C10H9BrFNO4S2/c11-7-3-6(12)1-2-9(7)19(16,17)13-5-18-4-8(13)10(14)15/h1-3,8H,4-5H2,(H,14,15)/t8-/m0/s1. The third kappa shape index (κ3) is 2.78. The number of nitrogens with zero attached hydrogens (tertiary/aromatic N) is 1. The first kappa shape index (κ1) is 14.8. The molecule has 1 aliphatic heterocycles. The van der Waals surface area contributed by atoms with Crippen LogP contribution in [0, 0.1) is 5.82 Å². The number of sulfonamides is 1. The summed E-state index contributed by atoms with van der Waals surface area (Å²) in [7, 11) is -3.96. The highest BCUT2D eigenvalue weighted by molar-refractivity contribution is 9.10. The van der Waals surface area contributed by atoms with Gasteiger partial charge in [-0.1, -0.05) is 0 Å². The molecule has 0 bridgehead atoms. The van der Waals surface area contributed by atoms with Gasteiger partial charge >= 0.3 is 5.97 Å². The van der Waals surface area contributed by atoms with Crippen molar-refractivity contribution in [2.45, 2.75) is 10.9 Å². The second-order valence-electron chi connectivity index (χ2n) is 3.82. The molecule has 0 spiro atoms. The van der Waals surface area contributed by atoms with Gasteiger partial charge in [-0.05, 0) is 34.1 Å². The first-order chi connectivity index (χ1) is 8.84. The van der Waals surface area contributed by atoms with Crippen LogP contribution >= 0.6 is 27.7 Å². The lowest BCUT2D eigenvalue weighted by Gasteiger charge is -2.20. The van der Waals surface area contributed by atoms with E-state index >= 15 is 0 Å². The Morgan fingerprint density at radius 2 is 2.21 bits per heavy atom. The Hall–Kier alpha value is -0.640. The summed E-state index contributed by atoms with van der Waals surface area (Å²) in [6.07, 6.45) is 0. The van der Waals surface area contributed by atoms with E-state index in [0.29, 0.717) is 0 Å². The first-order valence-electron chi connectivity index (χ1n) is 5.11. The smallest absolute Gasteiger partial charge is 0.322 e. The molecule has 0 amide bonds. The molecule has 1 heterocycles. The van der Waals surface area contributed by atoms with Crippen molar-refractivity contribution >= 4 is 43.7 Å². The lowest BCUT2D eigenvalue weighted by molar-refractivity contribution is -0.140. The van der Waals surface area contributed by atoms with Crippen LogP contribution in [-0.4, -0.2) is 41.5 Å². The van der Waals surface area contributed by atoms with Crippen molar-refractivity contribution in [3.63, 3.8) is 0 Å². The molecule has 0 radical (unpaired) electrons. The summed E-state index contributed by atoms with van der Waals surface area (Å²) in [6, 6.07) is 2.09. The molecule has 9 heteroatoms. The zero-order chi connectivity index (χ0) is 14.2. The molecule has 0 unspecified atom stereocenters. The number of rotatable bonds is 3. The fourth-order valence-corrected chi connectivity index (χ4v) is 5.82. The highest BCUT2D eigenvalue weighted by Crippen LogP contribution is 2.32. The fourth-order valence-electron chi connectivity index (χ4n) is 1.67. The zero-order valence-electron chi connectivity index (χ0n) is 9.42. The van der Waals surface area contributed by atoms with Crippen LogP contribution in [0.3, 0.4) is 0 Å². The van der Waals surface area contributed by atoms with Crippen LogP contribution in [0.2, 0.25) is 0 Å². The summed E-state index contributed by atoms with van der Waals surface area (Å²) < 4.78 is 38.7. The van der Waals surface area contributed by atoms with Crippen molar-refractivity contribution in [3.05, 3.63) is 28.5 Å². The third-order valence-electron chi connectivity index (χ3n) is 2.61. The average Bonchev–Trinajstić information content (AvgIpc) is 2.77. The van der Waals surface area contributed by atoms with E-state index in [1.165, 1.54) is 11.8 Å². The number of thioether (sulfide) groups is 1. The van der Waals surface area contributed by atoms with Crippen molar-refractivity contribution in [2.75, 3.05) is 11.6 Å². The van der Waals surface area contributed by atoms with Crippen LogP contribution in [0.15, 0.2) is 27.6 Å². The van der Waals surface area contributed by atoms with Crippen LogP contribution in [0.1, 0.15) is 0 Å². The molecule has 1 N–H and O–H groups in total. The van der Waals surface area contributed by atoms with Crippen LogP contribution in [0.25, 0.3) is 0 Å². The Bertz CT molecular complexity index is 622. The second kappa shape index (κ2) is 5.39. The summed E-state index contributed by atoms with van der Waals surface area (Å²) >= 11 is 4.21. The minimum Gasteiger partial charge on any atom is -0.480 e. The molecule has 1 aromatic carbocycles. The Balaban J connectivity index is 2.45. The molecule has 1 aliphatic rings. The summed E-state index contributed by atoms with van der Waals surface area (Å²) in [6.45, 7) is 0. The molecule has 2 rings (SSSR count). The number of carbonyl (C=O) groups is 1. The van der Waals surface area contributed by atoms with E-state index in [0.717, 1.165) is 22.5 Å². The maximum Gasteiger partial charge on any atom is 0.322 e. The molecule has 104 valence electrons. The molecule has 1 aromatic rings. The maximum absolute atomic E-state index is 13.0. The lowest BCUT2D eigenvalue weighted by Crippen LogP contribution is -2.41. The summed E-state index contributed by atoms with van der Waals surface area (Å²) in [5, 5.41) is 9.02. The summed E-state index contributed by atoms with van der Waals surface area (Å²) in [4.78, 5) is 10.9. The van der Waals surface area contributed by atoms with Crippen molar-refractivity contribution in [2.24, 2.45) is 0 Å². The minimum absolute atomic E-state index is 0.0725. The predicted molar refractivity (Wildman–Crippen MR) is 71.9 cm³/mol. The molecule has 5 nitrogen and oxygen atoms in total. The van der Waals surface area contributed by atoms with E-state index in [1.807, 2.05) is 0 Å². The van der Waals surface area contributed by atoms with Gasteiger partial charge in [0.15, 0.2) is 0 Å². The van der Waals surface area contributed by atoms with Crippen LogP contribution in [-0.2, 0) is 14.8 Å². The molecule has 1 saturated heterocycles. The van der Waals surface area contributed by atoms with E-state index in [9.17, 15) is 17.6 Å². The van der Waals surface area contributed by atoms with Gasteiger partial charge in [-0.25, -0.2) is 12.8 Å². The van der Waals surface area contributed by atoms with Crippen LogP contribution < -0.4 is 0 Å². The molecule has 0 saturated carbocycles. The van der Waals surface area contributed by atoms with Gasteiger partial charge in [-0.3, -0.25) is 4.79 Å². The number of aliphatic carboxylic acids is 1. The highest BCUT2D eigenvalue weighted by Gasteiger charge is 2.40. The predicted octanol–water partition coefficient (Wildman–Crippen LogP) is 1.74. The molecule has 0 aliphatic carbocycles. The molecule has 1 fully saturated rings. The largest absolute Gasteiger partial charge is 0.480 e. The van der Waals surface area contributed by atoms with Crippen LogP contribution in [0.4, 0.5) is 4.39 Å². The van der Waals surface area contributed by atoms with Gasteiger partial charge in [0, 0.05) is 10.2 Å². The third-order valence-corrected chi connectivity index (χ3v) is 6.61. The van der Waals surface area contributed by atoms with E-state index in [2.05, 4.69) is 15.9 Å². The van der Waals surface area contributed by atoms with Gasteiger partial charge in [-0.15, -0.1) is 11.8 Å². The maximum atomic E-state index is 13.0. The first-order valence-corrected chi connectivity index (χ1v) is 8.50. The van der Waals surface area contributed by atoms with Gasteiger partial charge in [0.1, 0.15) is 11.9 Å². The van der Waals surface area contributed by atoms with E-state index in [4.69, 9.17) is 5.11 Å². The van der Waals surface area contributed by atoms with Crippen molar-refractivity contribution in [3.8, 4) is 0 Å². The zero-order valence-corrected chi connectivity index (χ0v) is 12.6. The quantitative estimate of drug-likeness (QED) is 0.877. The Kier molecular flexibility index (Phi) is 4.19. The van der Waals surface area contributed by atoms with Gasteiger partial charge in [0.25, 0.3) is 0 Å². The van der Waals surface area contributed by atoms with Crippen molar-refractivity contribution in [1.82, 2.24) is 4.31 Å². The van der Waals surface area contributed by atoms with E-state index in [1.54, 1.807) is 0 Å². The fraction of sp³-hybridized carbons (Fsp3) is 0.300. The lowest BCUT2D eigenvalue weighted by atomic mass is 10.3. The van der Waals surface area contributed by atoms with Gasteiger partial charge in [0.2, 0.25) is 10.0 Å². The Labute approximate surface area is 122 Å². The Morgan fingerprint density at radius 1 is 1.53 bits per heavy atom. The number of hydrogen-bond donors (Lipinski definition) is 1. The molecule has 19 heavy (non-hydrogen) atoms. The van der Waals surface area contributed by atoms with Crippen molar-refractivity contribution < 1.29 is 22.7 Å². The van der Waals surface area contributed by atoms with E-state index < -0.39 is 27.9 Å². The second-order valence-corrected chi connectivity index (χ2v) is 7.53. The Morgan fingerprint density at radius 3 is 2.79 bits per heavy atom. The van der Waals surface area contributed by atoms with Gasteiger partial charge < -0.3 is 5.11 Å². The van der Waals surface area contributed by atoms with Crippen molar-refractivity contribution in [1.29, 1.82) is 0 Å². The van der Waals surface area contributed by atoms with Gasteiger partial charge in [-0.2, -0.15) is 4.31 Å². The number of carboxylic acids is 1. The number of halogens is 2. The number of hydrogen-bond acceptors (Lipinski definition) is 4. The molecule has 1 atom stereocenters. The van der Waals surface area contributed by atoms with Crippen LogP contribution in [0.5, 0.6) is 0 Å². The molecular formula is C10H9BrFNO4S2. The average molecular weight is 370 g/mol. The number of benzene rings is 1. The van der Waals surface area contributed by atoms with E-state index in [-0.39, 0.29) is 21.0 Å². The molecular weight excluding hydrogens is 361 g/mol. The molecule has 0 aromatic heterocycles. The summed E-state index contributed by atoms with van der Waals surface area (Å²) in [5.74, 6) is -1.49. The SMILES string of the molecule is O=C(O)[C@@H]1CSCN1S(=O)(=O)c1ccc(F)cc1Br. The number of carboxylic acid groups (broad SMARTS) is 1. The highest BCUT2D eigenvalue weighted by atomic mass is 79.9. The summed E-state index contributed by atoms with van der Waals surface area (Å²) in [5.41, 5.74) is 0.